The van der Waals surface area contributed by atoms with Crippen LogP contribution in [0.1, 0.15) is 34.6 Å². The lowest BCUT2D eigenvalue weighted by atomic mass is 10.1. The normalized spacial score (nSPS) is 18.7. The third kappa shape index (κ3) is 7.89. The molecular weight excluding hydrogens is 580 g/mol. The van der Waals surface area contributed by atoms with E-state index in [-0.39, 0.29) is 19.0 Å². The van der Waals surface area contributed by atoms with E-state index in [1.54, 1.807) is 20.8 Å². The molecule has 9 nitrogen and oxygen atoms in total. The molecule has 0 aromatic heterocycles. The molecule has 10 heteroatoms. The molecule has 44 heavy (non-hydrogen) atoms. The van der Waals surface area contributed by atoms with E-state index in [2.05, 4.69) is 0 Å². The molecule has 3 aromatic rings. The third-order valence-electron chi connectivity index (χ3n) is 6.90. The van der Waals surface area contributed by atoms with Crippen molar-refractivity contribution >= 4 is 41.8 Å². The van der Waals surface area contributed by atoms with Gasteiger partial charge in [-0.2, -0.15) is 0 Å². The molecule has 0 unspecified atom stereocenters. The second kappa shape index (κ2) is 14.6. The SMILES string of the molecule is CCOC(=O)/C(=C/[C@H]1OC(C)(C)O[C@@H]1[C@@H](CO[Si](c1ccccc1)(c1ccccc1)c1ccccc1)OC(C)=O)OC(C)=O. The lowest BCUT2D eigenvalue weighted by Gasteiger charge is -2.35. The smallest absolute Gasteiger partial charge is 0.374 e. The Labute approximate surface area is 258 Å². The van der Waals surface area contributed by atoms with Crippen LogP contribution in [0, 0.1) is 0 Å². The van der Waals surface area contributed by atoms with E-state index in [4.69, 9.17) is 28.1 Å². The lowest BCUT2D eigenvalue weighted by molar-refractivity contribution is -0.172. The van der Waals surface area contributed by atoms with Crippen molar-refractivity contribution in [3.63, 3.8) is 0 Å². The summed E-state index contributed by atoms with van der Waals surface area (Å²) in [4.78, 5) is 36.9. The van der Waals surface area contributed by atoms with Gasteiger partial charge >= 0.3 is 17.9 Å². The molecule has 1 heterocycles. The molecular formula is C34H38O9Si. The van der Waals surface area contributed by atoms with Gasteiger partial charge in [0, 0.05) is 13.8 Å². The highest BCUT2D eigenvalue weighted by Gasteiger charge is 2.49. The fraction of sp³-hybridized carbons (Fsp3) is 0.324. The summed E-state index contributed by atoms with van der Waals surface area (Å²) in [7, 11) is -3.18. The van der Waals surface area contributed by atoms with Crippen LogP contribution in [0.3, 0.4) is 0 Å². The van der Waals surface area contributed by atoms with E-state index in [0.29, 0.717) is 0 Å². The van der Waals surface area contributed by atoms with Gasteiger partial charge in [-0.3, -0.25) is 9.59 Å². The van der Waals surface area contributed by atoms with Gasteiger partial charge in [0.2, 0.25) is 5.76 Å². The molecule has 0 amide bonds. The Hall–Kier alpha value is -4.09. The molecule has 1 fully saturated rings. The number of carbonyl (C=O) groups is 3. The zero-order chi connectivity index (χ0) is 31.7. The van der Waals surface area contributed by atoms with Crippen molar-refractivity contribution < 1.29 is 42.5 Å². The fourth-order valence-electron chi connectivity index (χ4n) is 5.27. The molecule has 3 aromatic carbocycles. The molecule has 0 aliphatic carbocycles. The van der Waals surface area contributed by atoms with Crippen molar-refractivity contribution in [2.45, 2.75) is 58.7 Å². The first-order chi connectivity index (χ1) is 21.1. The van der Waals surface area contributed by atoms with Gasteiger partial charge in [0.05, 0.1) is 13.2 Å². The second-order valence-corrected chi connectivity index (χ2v) is 14.0. The highest BCUT2D eigenvalue weighted by atomic mass is 28.4. The first kappa shape index (κ1) is 32.8. The molecule has 1 saturated heterocycles. The molecule has 0 saturated carbocycles. The average molecular weight is 619 g/mol. The molecule has 1 aliphatic rings. The largest absolute Gasteiger partial charge is 0.460 e. The van der Waals surface area contributed by atoms with E-state index in [0.717, 1.165) is 15.6 Å². The Balaban J connectivity index is 1.79. The Morgan fingerprint density at radius 3 is 1.75 bits per heavy atom. The molecule has 0 radical (unpaired) electrons. The maximum absolute atomic E-state index is 12.6. The second-order valence-electron chi connectivity index (χ2n) is 10.6. The lowest BCUT2D eigenvalue weighted by Crippen LogP contribution is -2.70. The average Bonchev–Trinajstić information content (AvgIpc) is 3.31. The van der Waals surface area contributed by atoms with Gasteiger partial charge in [0.1, 0.15) is 12.2 Å². The van der Waals surface area contributed by atoms with Gasteiger partial charge < -0.3 is 28.1 Å². The van der Waals surface area contributed by atoms with Gasteiger partial charge in [-0.15, -0.1) is 0 Å². The van der Waals surface area contributed by atoms with E-state index < -0.39 is 50.3 Å². The van der Waals surface area contributed by atoms with Crippen LogP contribution in [0.15, 0.2) is 103 Å². The number of ether oxygens (including phenoxy) is 5. The number of hydrogen-bond acceptors (Lipinski definition) is 9. The van der Waals surface area contributed by atoms with E-state index >= 15 is 0 Å². The highest BCUT2D eigenvalue weighted by molar-refractivity contribution is 7.07. The minimum atomic E-state index is -3.18. The van der Waals surface area contributed by atoms with Crippen LogP contribution in [-0.2, 0) is 42.5 Å². The first-order valence-electron chi connectivity index (χ1n) is 14.5. The summed E-state index contributed by atoms with van der Waals surface area (Å²) < 4.78 is 35.5. The number of benzene rings is 3. The Morgan fingerprint density at radius 1 is 0.818 bits per heavy atom. The Morgan fingerprint density at radius 2 is 1.32 bits per heavy atom. The van der Waals surface area contributed by atoms with Crippen molar-refractivity contribution in [3.05, 3.63) is 103 Å². The third-order valence-corrected chi connectivity index (χ3v) is 10.9. The van der Waals surface area contributed by atoms with Crippen molar-refractivity contribution in [1.82, 2.24) is 0 Å². The van der Waals surface area contributed by atoms with Crippen molar-refractivity contribution in [2.75, 3.05) is 13.2 Å². The van der Waals surface area contributed by atoms with Gasteiger partial charge in [0.15, 0.2) is 11.9 Å². The summed E-state index contributed by atoms with van der Waals surface area (Å²) in [6.07, 6.45) is -1.54. The maximum atomic E-state index is 12.6. The number of carbonyl (C=O) groups excluding carboxylic acids is 3. The summed E-state index contributed by atoms with van der Waals surface area (Å²) >= 11 is 0. The van der Waals surface area contributed by atoms with Crippen LogP contribution in [0.5, 0.6) is 0 Å². The maximum Gasteiger partial charge on any atom is 0.374 e. The van der Waals surface area contributed by atoms with Gasteiger partial charge in [-0.25, -0.2) is 4.79 Å². The van der Waals surface area contributed by atoms with Crippen LogP contribution in [0.4, 0.5) is 0 Å². The first-order valence-corrected chi connectivity index (χ1v) is 16.4. The summed E-state index contributed by atoms with van der Waals surface area (Å²) in [5.41, 5.74) is 0. The van der Waals surface area contributed by atoms with E-state index in [1.165, 1.54) is 19.9 Å². The molecule has 0 bridgehead atoms. The van der Waals surface area contributed by atoms with Crippen LogP contribution in [0.2, 0.25) is 0 Å². The predicted molar refractivity (Wildman–Crippen MR) is 166 cm³/mol. The van der Waals surface area contributed by atoms with Crippen molar-refractivity contribution in [1.29, 1.82) is 0 Å². The number of hydrogen-bond donors (Lipinski definition) is 0. The van der Waals surface area contributed by atoms with E-state index in [9.17, 15) is 14.4 Å². The van der Waals surface area contributed by atoms with Gasteiger partial charge in [-0.1, -0.05) is 91.0 Å². The summed E-state index contributed by atoms with van der Waals surface area (Å²) in [6, 6.07) is 29.9. The number of esters is 3. The molecule has 3 atom stereocenters. The van der Waals surface area contributed by atoms with Gasteiger partial charge in [-0.05, 0) is 42.4 Å². The molecule has 0 N–H and O–H groups in total. The summed E-state index contributed by atoms with van der Waals surface area (Å²) in [6.45, 7) is 7.53. The minimum Gasteiger partial charge on any atom is -0.460 e. The van der Waals surface area contributed by atoms with Crippen LogP contribution >= 0.6 is 0 Å². The Bertz CT molecular complexity index is 1340. The number of rotatable bonds is 12. The van der Waals surface area contributed by atoms with Gasteiger partial charge in [0.25, 0.3) is 8.32 Å². The Kier molecular flexibility index (Phi) is 10.9. The quantitative estimate of drug-likeness (QED) is 0.0756. The molecule has 232 valence electrons. The van der Waals surface area contributed by atoms with Crippen LogP contribution in [-0.4, -0.2) is 63.5 Å². The molecule has 4 rings (SSSR count). The molecule has 0 spiro atoms. The summed E-state index contributed by atoms with van der Waals surface area (Å²) in [5.74, 6) is -3.57. The standard InChI is InChI=1S/C34H38O9Si/c1-6-38-33(37)30(40-24(2)35)22-29-32(43-34(4,5)42-29)31(41-25(3)36)23-39-44(26-16-10-7-11-17-26,27-18-12-8-13-19-27)28-20-14-9-15-21-28/h7-22,29,31-32H,6,23H2,1-5H3/b30-22-/t29-,31-,32+/m1/s1. The monoisotopic (exact) mass is 618 g/mol. The molecule has 1 aliphatic heterocycles. The topological polar surface area (TPSA) is 107 Å². The highest BCUT2D eigenvalue weighted by Crippen LogP contribution is 2.33. The minimum absolute atomic E-state index is 0.0682. The van der Waals surface area contributed by atoms with E-state index in [1.807, 2.05) is 91.0 Å². The zero-order valence-electron chi connectivity index (χ0n) is 25.6. The predicted octanol–water partition coefficient (Wildman–Crippen LogP) is 3.13. The van der Waals surface area contributed by atoms with Crippen molar-refractivity contribution in [3.8, 4) is 0 Å². The van der Waals surface area contributed by atoms with Crippen LogP contribution < -0.4 is 15.6 Å². The zero-order valence-corrected chi connectivity index (χ0v) is 26.6. The van der Waals surface area contributed by atoms with Crippen molar-refractivity contribution in [2.24, 2.45) is 0 Å². The fourth-order valence-corrected chi connectivity index (χ4v) is 9.17. The van der Waals surface area contributed by atoms with Crippen LogP contribution in [0.25, 0.3) is 0 Å². The summed E-state index contributed by atoms with van der Waals surface area (Å²) in [5, 5.41) is 3.00.